The van der Waals surface area contributed by atoms with Crippen LogP contribution in [0.5, 0.6) is 5.75 Å². The molecule has 0 amide bonds. The first kappa shape index (κ1) is 19.6. The van der Waals surface area contributed by atoms with Crippen molar-refractivity contribution in [1.82, 2.24) is 15.2 Å². The molecule has 3 aromatic rings. The minimum atomic E-state index is -2.97. The van der Waals surface area contributed by atoms with Crippen LogP contribution < -0.4 is 15.0 Å². The maximum atomic E-state index is 14.1. The number of nitrogens with zero attached hydrogens (tertiary/aromatic N) is 4. The number of morpholine rings is 1. The van der Waals surface area contributed by atoms with Crippen molar-refractivity contribution in [2.75, 3.05) is 30.0 Å². The number of para-hydroxylation sites is 1. The summed E-state index contributed by atoms with van der Waals surface area (Å²) in [6, 6.07) is 6.99. The molecule has 0 aliphatic carbocycles. The molecule has 0 radical (unpaired) electrons. The number of rotatable bonds is 4. The Bertz CT molecular complexity index is 1220. The van der Waals surface area contributed by atoms with Gasteiger partial charge in [0.1, 0.15) is 5.75 Å². The first-order valence-corrected chi connectivity index (χ1v) is 10.8. The lowest BCUT2D eigenvalue weighted by atomic mass is 10.0. The largest absolute Gasteiger partial charge is 0.486 e. The average molecular weight is 439 g/mol. The summed E-state index contributed by atoms with van der Waals surface area (Å²) in [5, 5.41) is 12.8. The molecule has 0 spiro atoms. The highest BCUT2D eigenvalue weighted by Crippen LogP contribution is 2.45. The van der Waals surface area contributed by atoms with Crippen molar-refractivity contribution < 1.29 is 18.3 Å². The molecule has 1 aromatic carbocycles. The first-order valence-electron chi connectivity index (χ1n) is 10.8. The summed E-state index contributed by atoms with van der Waals surface area (Å²) in [6.07, 6.45) is 3.20. The van der Waals surface area contributed by atoms with Gasteiger partial charge in [0.15, 0.2) is 12.4 Å². The third-order valence-electron chi connectivity index (χ3n) is 6.66. The summed E-state index contributed by atoms with van der Waals surface area (Å²) in [5.74, 6) is -2.16. The number of hydrogen-bond donors (Lipinski definition) is 1. The van der Waals surface area contributed by atoms with Gasteiger partial charge in [0.25, 0.3) is 0 Å². The van der Waals surface area contributed by atoms with Gasteiger partial charge in [-0.25, -0.2) is 0 Å². The van der Waals surface area contributed by atoms with E-state index in [1.165, 1.54) is 6.07 Å². The van der Waals surface area contributed by atoms with Crippen molar-refractivity contribution >= 4 is 22.4 Å². The van der Waals surface area contributed by atoms with E-state index in [2.05, 4.69) is 31.5 Å². The van der Waals surface area contributed by atoms with Gasteiger partial charge >= 0.3 is 5.92 Å². The standard InChI is InChI=1S/C23H23F2N5O2/c1-12(17-4-3-5-19-21(17)32-11-23(19,24)25)27-22-18-7-14(8-26-20(18)13(2)28-29-22)30-9-16-6-15(30)10-31-16/h3-5,7-8,12,15-16H,6,9-11H2,1-2H3,(H,27,29)/t12-,15?,16?/m1/s1. The number of benzene rings is 1. The second-order valence-corrected chi connectivity index (χ2v) is 8.80. The highest BCUT2D eigenvalue weighted by molar-refractivity contribution is 5.92. The van der Waals surface area contributed by atoms with Gasteiger partial charge < -0.3 is 19.7 Å². The fourth-order valence-corrected chi connectivity index (χ4v) is 5.00. The quantitative estimate of drug-likeness (QED) is 0.660. The molecule has 2 aromatic heterocycles. The average Bonchev–Trinajstić information content (AvgIpc) is 3.50. The van der Waals surface area contributed by atoms with Gasteiger partial charge in [0, 0.05) is 17.5 Å². The number of ether oxygens (including phenoxy) is 2. The van der Waals surface area contributed by atoms with Crippen LogP contribution in [0.4, 0.5) is 20.3 Å². The molecular formula is C23H23F2N5O2. The van der Waals surface area contributed by atoms with Gasteiger partial charge in [-0.1, -0.05) is 12.1 Å². The molecular weight excluding hydrogens is 416 g/mol. The van der Waals surface area contributed by atoms with Crippen LogP contribution in [0.1, 0.15) is 36.2 Å². The third-order valence-corrected chi connectivity index (χ3v) is 6.66. The van der Waals surface area contributed by atoms with Gasteiger partial charge in [0.2, 0.25) is 0 Å². The molecule has 3 aliphatic rings. The Kier molecular flexibility index (Phi) is 4.27. The molecule has 5 heterocycles. The number of aryl methyl sites for hydroxylation is 1. The Hall–Kier alpha value is -3.07. The lowest BCUT2D eigenvalue weighted by Gasteiger charge is -2.29. The van der Waals surface area contributed by atoms with Crippen LogP contribution in [0, 0.1) is 6.92 Å². The van der Waals surface area contributed by atoms with Gasteiger partial charge in [-0.3, -0.25) is 4.98 Å². The van der Waals surface area contributed by atoms with E-state index in [1.807, 2.05) is 20.0 Å². The molecule has 3 atom stereocenters. The number of anilines is 2. The molecule has 2 unspecified atom stereocenters. The number of hydrogen-bond acceptors (Lipinski definition) is 7. The summed E-state index contributed by atoms with van der Waals surface area (Å²) in [4.78, 5) is 7.01. The predicted octanol–water partition coefficient (Wildman–Crippen LogP) is 3.97. The first-order chi connectivity index (χ1) is 15.4. The van der Waals surface area contributed by atoms with Gasteiger partial charge in [-0.2, -0.15) is 13.9 Å². The predicted molar refractivity (Wildman–Crippen MR) is 115 cm³/mol. The number of alkyl halides is 2. The topological polar surface area (TPSA) is 72.4 Å². The van der Waals surface area contributed by atoms with E-state index in [9.17, 15) is 8.78 Å². The van der Waals surface area contributed by atoms with Crippen molar-refractivity contribution in [3.8, 4) is 5.75 Å². The fourth-order valence-electron chi connectivity index (χ4n) is 5.00. The zero-order valence-corrected chi connectivity index (χ0v) is 17.8. The molecule has 32 heavy (non-hydrogen) atoms. The normalized spacial score (nSPS) is 23.9. The lowest BCUT2D eigenvalue weighted by Crippen LogP contribution is -2.36. The van der Waals surface area contributed by atoms with E-state index >= 15 is 0 Å². The van der Waals surface area contributed by atoms with Crippen LogP contribution in [0.25, 0.3) is 10.9 Å². The van der Waals surface area contributed by atoms with Crippen LogP contribution in [0.15, 0.2) is 30.5 Å². The molecule has 2 fully saturated rings. The monoisotopic (exact) mass is 439 g/mol. The van der Waals surface area contributed by atoms with Crippen LogP contribution in [0.2, 0.25) is 0 Å². The minimum absolute atomic E-state index is 0.0706. The lowest BCUT2D eigenvalue weighted by molar-refractivity contribution is -0.0214. The highest BCUT2D eigenvalue weighted by Gasteiger charge is 2.43. The Balaban J connectivity index is 1.36. The third kappa shape index (κ3) is 2.98. The van der Waals surface area contributed by atoms with E-state index in [-0.39, 0.29) is 23.5 Å². The number of halogens is 2. The number of aromatic nitrogens is 3. The maximum absolute atomic E-state index is 14.1. The van der Waals surface area contributed by atoms with Crippen LogP contribution in [-0.4, -0.2) is 47.1 Å². The summed E-state index contributed by atoms with van der Waals surface area (Å²) in [6.45, 7) is 4.74. The van der Waals surface area contributed by atoms with Crippen molar-refractivity contribution in [1.29, 1.82) is 0 Å². The molecule has 3 aliphatic heterocycles. The van der Waals surface area contributed by atoms with E-state index < -0.39 is 12.5 Å². The number of fused-ring (bicyclic) bond motifs is 4. The van der Waals surface area contributed by atoms with Crippen LogP contribution in [0.3, 0.4) is 0 Å². The molecule has 0 saturated carbocycles. The van der Waals surface area contributed by atoms with Gasteiger partial charge in [0.05, 0.1) is 53.5 Å². The molecule has 166 valence electrons. The van der Waals surface area contributed by atoms with E-state index in [1.54, 1.807) is 12.1 Å². The SMILES string of the molecule is Cc1nnc(N[C@H](C)c2cccc3c2OCC3(F)F)c2cc(N3CC4CC3CO4)cnc12. The van der Waals surface area contributed by atoms with Crippen molar-refractivity contribution in [2.24, 2.45) is 0 Å². The Morgan fingerprint density at radius 1 is 1.28 bits per heavy atom. The molecule has 6 rings (SSSR count). The maximum Gasteiger partial charge on any atom is 0.310 e. The molecule has 1 N–H and O–H groups in total. The molecule has 9 heteroatoms. The zero-order valence-electron chi connectivity index (χ0n) is 17.8. The Morgan fingerprint density at radius 2 is 2.16 bits per heavy atom. The zero-order chi connectivity index (χ0) is 22.0. The molecule has 7 nitrogen and oxygen atoms in total. The van der Waals surface area contributed by atoms with Crippen LogP contribution >= 0.6 is 0 Å². The number of pyridine rings is 1. The minimum Gasteiger partial charge on any atom is -0.486 e. The summed E-state index contributed by atoms with van der Waals surface area (Å²) >= 11 is 0. The highest BCUT2D eigenvalue weighted by atomic mass is 19.3. The van der Waals surface area contributed by atoms with Crippen molar-refractivity contribution in [3.63, 3.8) is 0 Å². The van der Waals surface area contributed by atoms with Crippen LogP contribution in [-0.2, 0) is 10.7 Å². The summed E-state index contributed by atoms with van der Waals surface area (Å²) in [5.41, 5.74) is 3.12. The van der Waals surface area contributed by atoms with E-state index in [4.69, 9.17) is 9.47 Å². The Labute approximate surface area is 183 Å². The van der Waals surface area contributed by atoms with Crippen molar-refractivity contribution in [3.05, 3.63) is 47.3 Å². The molecule has 2 saturated heterocycles. The van der Waals surface area contributed by atoms with E-state index in [0.717, 1.165) is 41.9 Å². The van der Waals surface area contributed by atoms with Gasteiger partial charge in [-0.15, -0.1) is 5.10 Å². The van der Waals surface area contributed by atoms with Gasteiger partial charge in [-0.05, 0) is 32.4 Å². The van der Waals surface area contributed by atoms with Crippen molar-refractivity contribution in [2.45, 2.75) is 44.4 Å². The second-order valence-electron chi connectivity index (χ2n) is 8.80. The fraction of sp³-hybridized carbons (Fsp3) is 0.435. The molecule has 2 bridgehead atoms. The smallest absolute Gasteiger partial charge is 0.310 e. The summed E-state index contributed by atoms with van der Waals surface area (Å²) in [7, 11) is 0. The Morgan fingerprint density at radius 3 is 2.94 bits per heavy atom. The number of nitrogens with one attached hydrogen (secondary N) is 1. The van der Waals surface area contributed by atoms with E-state index in [0.29, 0.717) is 17.4 Å². The summed E-state index contributed by atoms with van der Waals surface area (Å²) < 4.78 is 39.3. The second kappa shape index (κ2) is 6.96.